The molecule has 4 rings (SSSR count). The minimum atomic E-state index is -4.54. The Kier molecular flexibility index (Phi) is 5.74. The molecule has 31 heavy (non-hydrogen) atoms. The van der Waals surface area contributed by atoms with Gasteiger partial charge in [-0.1, -0.05) is 12.1 Å². The van der Waals surface area contributed by atoms with E-state index in [1.54, 1.807) is 4.52 Å². The van der Waals surface area contributed by atoms with Crippen molar-refractivity contribution in [1.82, 2.24) is 19.9 Å². The lowest BCUT2D eigenvalue weighted by Crippen LogP contribution is -2.36. The Labute approximate surface area is 181 Å². The van der Waals surface area contributed by atoms with Crippen molar-refractivity contribution in [1.29, 1.82) is 0 Å². The first-order valence-electron chi connectivity index (χ1n) is 8.95. The zero-order valence-corrected chi connectivity index (χ0v) is 17.3. The Balaban J connectivity index is 1.33. The van der Waals surface area contributed by atoms with E-state index in [1.165, 1.54) is 28.7 Å². The highest BCUT2D eigenvalue weighted by atomic mass is 32.1. The summed E-state index contributed by atoms with van der Waals surface area (Å²) in [6.45, 7) is 0.148. The molecule has 0 bridgehead atoms. The van der Waals surface area contributed by atoms with Gasteiger partial charge in [-0.3, -0.25) is 9.59 Å². The second-order valence-electron chi connectivity index (χ2n) is 6.37. The maximum Gasteiger partial charge on any atom is 0.416 e. The van der Waals surface area contributed by atoms with Crippen LogP contribution in [0.2, 0.25) is 0 Å². The topological polar surface area (TPSA) is 88.4 Å². The molecule has 1 aromatic carbocycles. The van der Waals surface area contributed by atoms with Gasteiger partial charge in [-0.05, 0) is 29.6 Å². The number of hydrogen-bond donors (Lipinski definition) is 2. The van der Waals surface area contributed by atoms with Crippen LogP contribution in [0.4, 0.5) is 18.9 Å². The van der Waals surface area contributed by atoms with Gasteiger partial charge in [0.25, 0.3) is 0 Å². The molecular formula is C19H14F3N5O2S2. The van der Waals surface area contributed by atoms with Crippen LogP contribution in [-0.4, -0.2) is 33.0 Å². The van der Waals surface area contributed by atoms with Gasteiger partial charge >= 0.3 is 18.0 Å². The summed E-state index contributed by atoms with van der Waals surface area (Å²) in [5.41, 5.74) is -0.214. The van der Waals surface area contributed by atoms with Crippen molar-refractivity contribution in [3.05, 3.63) is 58.4 Å². The molecule has 0 radical (unpaired) electrons. The van der Waals surface area contributed by atoms with E-state index < -0.39 is 23.6 Å². The third-order valence-corrected chi connectivity index (χ3v) is 5.94. The molecule has 0 unspecified atom stereocenters. The van der Waals surface area contributed by atoms with Gasteiger partial charge in [-0.15, -0.1) is 27.8 Å². The Morgan fingerprint density at radius 2 is 1.94 bits per heavy atom. The van der Waals surface area contributed by atoms with E-state index in [-0.39, 0.29) is 12.2 Å². The van der Waals surface area contributed by atoms with Gasteiger partial charge in [-0.25, -0.2) is 4.52 Å². The molecule has 0 atom stereocenters. The smallest absolute Gasteiger partial charge is 0.347 e. The third kappa shape index (κ3) is 4.75. The maximum absolute atomic E-state index is 12.8. The summed E-state index contributed by atoms with van der Waals surface area (Å²) in [5, 5.41) is 12.9. The second kappa shape index (κ2) is 8.47. The van der Waals surface area contributed by atoms with Gasteiger partial charge in [0, 0.05) is 24.0 Å². The summed E-state index contributed by atoms with van der Waals surface area (Å²) in [4.78, 5) is 30.1. The molecule has 3 aromatic heterocycles. The number of thiazole rings is 1. The van der Waals surface area contributed by atoms with Crippen LogP contribution in [0.15, 0.2) is 47.2 Å². The normalized spacial score (nSPS) is 11.6. The van der Waals surface area contributed by atoms with E-state index in [0.29, 0.717) is 17.2 Å². The summed E-state index contributed by atoms with van der Waals surface area (Å²) < 4.78 is 40.0. The van der Waals surface area contributed by atoms with Crippen molar-refractivity contribution >= 4 is 45.1 Å². The number of hydrogen-bond acceptors (Lipinski definition) is 6. The first kappa shape index (κ1) is 21.0. The number of carbonyl (C=O) groups excluding carboxylic acids is 2. The van der Waals surface area contributed by atoms with Crippen LogP contribution < -0.4 is 10.6 Å². The molecule has 0 aliphatic heterocycles. The van der Waals surface area contributed by atoms with E-state index in [9.17, 15) is 22.8 Å². The highest BCUT2D eigenvalue weighted by Gasteiger charge is 2.30. The van der Waals surface area contributed by atoms with Crippen LogP contribution in [0.1, 0.15) is 11.3 Å². The maximum atomic E-state index is 12.8. The molecular weight excluding hydrogens is 451 g/mol. The minimum absolute atomic E-state index is 0.113. The molecule has 0 aliphatic carbocycles. The van der Waals surface area contributed by atoms with Crippen molar-refractivity contribution in [2.24, 2.45) is 0 Å². The van der Waals surface area contributed by atoms with Gasteiger partial charge in [0.15, 0.2) is 5.82 Å². The van der Waals surface area contributed by atoms with Crippen LogP contribution in [-0.2, 0) is 22.2 Å². The number of aromatic nitrogens is 3. The molecule has 2 amide bonds. The van der Waals surface area contributed by atoms with Crippen molar-refractivity contribution in [2.75, 3.05) is 11.9 Å². The van der Waals surface area contributed by atoms with Gasteiger partial charge in [-0.2, -0.15) is 18.2 Å². The number of fused-ring (bicyclic) bond motifs is 1. The first-order valence-corrected chi connectivity index (χ1v) is 10.7. The van der Waals surface area contributed by atoms with Crippen molar-refractivity contribution in [3.8, 4) is 10.7 Å². The molecule has 0 spiro atoms. The highest BCUT2D eigenvalue weighted by molar-refractivity contribution is 7.15. The van der Waals surface area contributed by atoms with E-state index in [0.717, 1.165) is 28.8 Å². The number of carbonyl (C=O) groups is 2. The van der Waals surface area contributed by atoms with Crippen molar-refractivity contribution in [2.45, 2.75) is 12.6 Å². The van der Waals surface area contributed by atoms with Crippen LogP contribution >= 0.6 is 22.7 Å². The molecule has 2 N–H and O–H groups in total. The second-order valence-corrected chi connectivity index (χ2v) is 8.16. The molecule has 4 aromatic rings. The number of halogens is 3. The zero-order valence-electron chi connectivity index (χ0n) is 15.6. The van der Waals surface area contributed by atoms with Gasteiger partial charge in [0.1, 0.15) is 0 Å². The van der Waals surface area contributed by atoms with Gasteiger partial charge in [0.2, 0.25) is 4.96 Å². The Bertz CT molecular complexity index is 1230. The minimum Gasteiger partial charge on any atom is -0.347 e. The zero-order chi connectivity index (χ0) is 22.0. The molecule has 12 heteroatoms. The average Bonchev–Trinajstić information content (AvgIpc) is 3.45. The van der Waals surface area contributed by atoms with Gasteiger partial charge in [0.05, 0.1) is 16.1 Å². The first-order chi connectivity index (χ1) is 14.8. The molecule has 160 valence electrons. The number of thiophene rings is 1. The molecule has 0 saturated heterocycles. The summed E-state index contributed by atoms with van der Waals surface area (Å²) in [6.07, 6.45) is -4.14. The fraction of sp³-hybridized carbons (Fsp3) is 0.158. The summed E-state index contributed by atoms with van der Waals surface area (Å²) in [5.74, 6) is -1.37. The number of nitrogens with one attached hydrogen (secondary N) is 2. The quantitative estimate of drug-likeness (QED) is 0.439. The third-order valence-electron chi connectivity index (χ3n) is 4.21. The van der Waals surface area contributed by atoms with Gasteiger partial charge < -0.3 is 10.6 Å². The fourth-order valence-corrected chi connectivity index (χ4v) is 4.26. The molecule has 0 aliphatic rings. The number of rotatable bonds is 5. The fourth-order valence-electron chi connectivity index (χ4n) is 2.75. The van der Waals surface area contributed by atoms with E-state index in [1.807, 2.05) is 22.9 Å². The number of amides is 2. The Hall–Kier alpha value is -3.25. The number of nitrogens with zero attached hydrogens (tertiary/aromatic N) is 3. The van der Waals surface area contributed by atoms with E-state index in [4.69, 9.17) is 0 Å². The van der Waals surface area contributed by atoms with E-state index >= 15 is 0 Å². The Morgan fingerprint density at radius 3 is 2.68 bits per heavy atom. The van der Waals surface area contributed by atoms with Crippen molar-refractivity contribution < 1.29 is 22.8 Å². The standard InChI is InChI=1S/C19H14F3N5O2S2/c20-19(21,22)11-3-1-4-12(9-11)24-17(29)16(28)23-7-6-13-10-31-18-25-15(26-27(13)18)14-5-2-8-30-14/h1-5,8-10H,6-7H2,(H,23,28)(H,24,29). The lowest BCUT2D eigenvalue weighted by molar-refractivity contribution is -0.137. The number of alkyl halides is 3. The highest BCUT2D eigenvalue weighted by Crippen LogP contribution is 2.30. The molecule has 0 fully saturated rings. The average molecular weight is 465 g/mol. The SMILES string of the molecule is O=C(NCCc1csc2nc(-c3cccs3)nn12)C(=O)Nc1cccc(C(F)(F)F)c1. The molecule has 7 nitrogen and oxygen atoms in total. The summed E-state index contributed by atoms with van der Waals surface area (Å²) in [7, 11) is 0. The largest absolute Gasteiger partial charge is 0.416 e. The molecule has 3 heterocycles. The number of benzene rings is 1. The lowest BCUT2D eigenvalue weighted by Gasteiger charge is -2.10. The number of anilines is 1. The predicted molar refractivity (Wildman–Crippen MR) is 111 cm³/mol. The van der Waals surface area contributed by atoms with Crippen molar-refractivity contribution in [3.63, 3.8) is 0 Å². The molecule has 0 saturated carbocycles. The van der Waals surface area contributed by atoms with Crippen LogP contribution in [0.5, 0.6) is 0 Å². The lowest BCUT2D eigenvalue weighted by atomic mass is 10.2. The van der Waals surface area contributed by atoms with E-state index in [2.05, 4.69) is 20.7 Å². The van der Waals surface area contributed by atoms with Crippen LogP contribution in [0.3, 0.4) is 0 Å². The van der Waals surface area contributed by atoms with Crippen LogP contribution in [0, 0.1) is 0 Å². The monoisotopic (exact) mass is 465 g/mol. The Morgan fingerprint density at radius 1 is 1.10 bits per heavy atom. The summed E-state index contributed by atoms with van der Waals surface area (Å²) in [6, 6.07) is 7.91. The predicted octanol–water partition coefficient (Wildman–Crippen LogP) is 3.84. The van der Waals surface area contributed by atoms with Crippen LogP contribution in [0.25, 0.3) is 15.7 Å². The summed E-state index contributed by atoms with van der Waals surface area (Å²) >= 11 is 2.94.